The lowest BCUT2D eigenvalue weighted by Crippen LogP contribution is -2.10. The van der Waals surface area contributed by atoms with Crippen molar-refractivity contribution in [3.05, 3.63) is 70.8 Å². The number of aliphatic carboxylic acids is 1. The molecule has 0 amide bonds. The number of carbonyl (C=O) groups is 1. The van der Waals surface area contributed by atoms with E-state index in [9.17, 15) is 4.79 Å². The highest BCUT2D eigenvalue weighted by Gasteiger charge is 2.12. The fraction of sp³-hybridized carbons (Fsp3) is 0.300. The van der Waals surface area contributed by atoms with E-state index in [1.54, 1.807) is 18.3 Å². The van der Waals surface area contributed by atoms with Gasteiger partial charge in [-0.05, 0) is 27.7 Å². The molecule has 0 fully saturated rings. The van der Waals surface area contributed by atoms with Crippen molar-refractivity contribution < 1.29 is 14.7 Å². The molecule has 0 aliphatic heterocycles. The molecule has 24 heavy (non-hydrogen) atoms. The first-order valence-corrected chi connectivity index (χ1v) is 7.90. The number of nitrogens with zero attached hydrogens (tertiary/aromatic N) is 1. The maximum atomic E-state index is 10.6. The zero-order chi connectivity index (χ0) is 17.6. The van der Waals surface area contributed by atoms with Crippen LogP contribution in [0.3, 0.4) is 0 Å². The van der Waals surface area contributed by atoms with Crippen LogP contribution in [0.5, 0.6) is 0 Å². The van der Waals surface area contributed by atoms with Crippen molar-refractivity contribution in [3.63, 3.8) is 0 Å². The fourth-order valence-corrected chi connectivity index (χ4v) is 2.21. The Morgan fingerprint density at radius 3 is 2.17 bits per heavy atom. The highest BCUT2D eigenvalue weighted by atomic mass is 16.6. The second-order valence-electron chi connectivity index (χ2n) is 6.77. The molecule has 0 aliphatic rings. The Morgan fingerprint density at radius 2 is 1.62 bits per heavy atom. The second-order valence-corrected chi connectivity index (χ2v) is 6.77. The number of carboxylic acids is 1. The van der Waals surface area contributed by atoms with Crippen LogP contribution in [-0.2, 0) is 28.1 Å². The summed E-state index contributed by atoms with van der Waals surface area (Å²) in [6.07, 6.45) is 1.72. The van der Waals surface area contributed by atoms with Gasteiger partial charge in [0.05, 0.1) is 12.6 Å². The number of hydrogen-bond acceptors (Lipinski definition) is 3. The molecule has 0 bridgehead atoms. The summed E-state index contributed by atoms with van der Waals surface area (Å²) in [4.78, 5) is 15.9. The lowest BCUT2D eigenvalue weighted by molar-refractivity contribution is -0.136. The first-order valence-electron chi connectivity index (χ1n) is 7.90. The van der Waals surface area contributed by atoms with Gasteiger partial charge in [-0.15, -0.1) is 0 Å². The molecular weight excluding hydrogens is 302 g/mol. The maximum absolute atomic E-state index is 10.6. The van der Waals surface area contributed by atoms with E-state index in [2.05, 4.69) is 38.1 Å². The maximum Gasteiger partial charge on any atom is 0.307 e. The Hall–Kier alpha value is -2.62. The lowest BCUT2D eigenvalue weighted by Gasteiger charge is -2.18. The van der Waals surface area contributed by atoms with E-state index in [-0.39, 0.29) is 11.8 Å². The van der Waals surface area contributed by atoms with Crippen LogP contribution < -0.4 is 0 Å². The standard InChI is InChI=1S/C20H23NO3/c1-20(2,3)18-10-8-16(9-11-18)13-21-24-14-17-6-4-15(5-7-17)12-19(22)23/h4-11,13H,12,14H2,1-3H3,(H,22,23)/b21-13-. The van der Waals surface area contributed by atoms with Gasteiger partial charge in [-0.25, -0.2) is 0 Å². The van der Waals surface area contributed by atoms with Crippen molar-refractivity contribution in [3.8, 4) is 0 Å². The van der Waals surface area contributed by atoms with Crippen LogP contribution in [0.15, 0.2) is 53.7 Å². The van der Waals surface area contributed by atoms with E-state index < -0.39 is 5.97 Å². The largest absolute Gasteiger partial charge is 0.481 e. The zero-order valence-corrected chi connectivity index (χ0v) is 14.3. The Balaban J connectivity index is 1.85. The molecule has 0 saturated heterocycles. The minimum atomic E-state index is -0.832. The van der Waals surface area contributed by atoms with Crippen molar-refractivity contribution in [2.24, 2.45) is 5.16 Å². The number of hydrogen-bond donors (Lipinski definition) is 1. The summed E-state index contributed by atoms with van der Waals surface area (Å²) >= 11 is 0. The van der Waals surface area contributed by atoms with E-state index in [0.717, 1.165) is 16.7 Å². The van der Waals surface area contributed by atoms with E-state index in [4.69, 9.17) is 9.94 Å². The van der Waals surface area contributed by atoms with Gasteiger partial charge in [0.15, 0.2) is 0 Å². The van der Waals surface area contributed by atoms with Gasteiger partial charge in [0.25, 0.3) is 0 Å². The summed E-state index contributed by atoms with van der Waals surface area (Å²) < 4.78 is 0. The molecule has 0 aromatic heterocycles. The Labute approximate surface area is 142 Å². The third-order valence-electron chi connectivity index (χ3n) is 3.66. The summed E-state index contributed by atoms with van der Waals surface area (Å²) in [5.41, 5.74) is 4.12. The van der Waals surface area contributed by atoms with Crippen LogP contribution in [0.4, 0.5) is 0 Å². The number of oxime groups is 1. The molecule has 0 saturated carbocycles. The average molecular weight is 325 g/mol. The number of rotatable bonds is 6. The predicted octanol–water partition coefficient (Wildman–Crippen LogP) is 4.16. The van der Waals surface area contributed by atoms with Crippen LogP contribution in [0.25, 0.3) is 0 Å². The van der Waals surface area contributed by atoms with Gasteiger partial charge in [-0.1, -0.05) is 74.5 Å². The zero-order valence-electron chi connectivity index (χ0n) is 14.3. The SMILES string of the molecule is CC(C)(C)c1ccc(/C=N\OCc2ccc(CC(=O)O)cc2)cc1. The van der Waals surface area contributed by atoms with Gasteiger partial charge in [0.1, 0.15) is 6.61 Å². The minimum Gasteiger partial charge on any atom is -0.481 e. The molecule has 0 unspecified atom stereocenters. The van der Waals surface area contributed by atoms with Crippen LogP contribution in [0.2, 0.25) is 0 Å². The molecule has 0 heterocycles. The van der Waals surface area contributed by atoms with E-state index in [1.165, 1.54) is 5.56 Å². The molecule has 1 N–H and O–H groups in total. The molecule has 126 valence electrons. The van der Waals surface area contributed by atoms with E-state index >= 15 is 0 Å². The minimum absolute atomic E-state index is 0.0316. The van der Waals surface area contributed by atoms with Crippen LogP contribution in [-0.4, -0.2) is 17.3 Å². The first kappa shape index (κ1) is 17.7. The van der Waals surface area contributed by atoms with Crippen molar-refractivity contribution >= 4 is 12.2 Å². The van der Waals surface area contributed by atoms with Gasteiger partial charge in [-0.3, -0.25) is 4.79 Å². The molecule has 4 heteroatoms. The van der Waals surface area contributed by atoms with Gasteiger partial charge < -0.3 is 9.94 Å². The second kappa shape index (κ2) is 7.77. The Bertz CT molecular complexity index is 695. The normalized spacial score (nSPS) is 11.6. The molecule has 0 spiro atoms. The molecule has 4 nitrogen and oxygen atoms in total. The average Bonchev–Trinajstić information content (AvgIpc) is 2.52. The van der Waals surface area contributed by atoms with Crippen LogP contribution in [0, 0.1) is 0 Å². The third-order valence-corrected chi connectivity index (χ3v) is 3.66. The van der Waals surface area contributed by atoms with Gasteiger partial charge in [0.2, 0.25) is 0 Å². The summed E-state index contributed by atoms with van der Waals surface area (Å²) in [6.45, 7) is 6.90. The molecule has 2 aromatic rings. The van der Waals surface area contributed by atoms with Crippen molar-refractivity contribution in [2.45, 2.75) is 39.2 Å². The summed E-state index contributed by atoms with van der Waals surface area (Å²) in [5, 5.41) is 12.7. The quantitative estimate of drug-likeness (QED) is 0.641. The molecule has 2 aromatic carbocycles. The number of benzene rings is 2. The molecule has 2 rings (SSSR count). The van der Waals surface area contributed by atoms with E-state index in [0.29, 0.717) is 6.61 Å². The van der Waals surface area contributed by atoms with Gasteiger partial charge >= 0.3 is 5.97 Å². The number of carboxylic acid groups (broad SMARTS) is 1. The molecule has 0 aliphatic carbocycles. The highest BCUT2D eigenvalue weighted by molar-refractivity contribution is 5.79. The third kappa shape index (κ3) is 5.54. The Morgan fingerprint density at radius 1 is 1.04 bits per heavy atom. The molecule has 0 radical (unpaired) electrons. The van der Waals surface area contributed by atoms with Crippen molar-refractivity contribution in [1.29, 1.82) is 0 Å². The first-order chi connectivity index (χ1) is 11.3. The van der Waals surface area contributed by atoms with Crippen molar-refractivity contribution in [2.75, 3.05) is 0 Å². The lowest BCUT2D eigenvalue weighted by atomic mass is 9.87. The monoisotopic (exact) mass is 325 g/mol. The smallest absolute Gasteiger partial charge is 0.307 e. The Kier molecular flexibility index (Phi) is 5.74. The van der Waals surface area contributed by atoms with E-state index in [1.807, 2.05) is 24.3 Å². The molecular formula is C20H23NO3. The van der Waals surface area contributed by atoms with Gasteiger partial charge in [-0.2, -0.15) is 0 Å². The predicted molar refractivity (Wildman–Crippen MR) is 95.3 cm³/mol. The topological polar surface area (TPSA) is 58.9 Å². The van der Waals surface area contributed by atoms with Gasteiger partial charge in [0, 0.05) is 0 Å². The van der Waals surface area contributed by atoms with Crippen molar-refractivity contribution in [1.82, 2.24) is 0 Å². The highest BCUT2D eigenvalue weighted by Crippen LogP contribution is 2.21. The van der Waals surface area contributed by atoms with Crippen LogP contribution in [0.1, 0.15) is 43.0 Å². The summed E-state index contributed by atoms with van der Waals surface area (Å²) in [6, 6.07) is 15.5. The fourth-order valence-electron chi connectivity index (χ4n) is 2.21. The summed E-state index contributed by atoms with van der Waals surface area (Å²) in [5.74, 6) is -0.832. The molecule has 0 atom stereocenters. The summed E-state index contributed by atoms with van der Waals surface area (Å²) in [7, 11) is 0. The van der Waals surface area contributed by atoms with Crippen LogP contribution >= 0.6 is 0 Å².